The van der Waals surface area contributed by atoms with Crippen LogP contribution in [-0.4, -0.2) is 29.5 Å². The minimum absolute atomic E-state index is 0.0821. The zero-order valence-corrected chi connectivity index (χ0v) is 15.6. The minimum atomic E-state index is -0.446. The Morgan fingerprint density at radius 2 is 2.00 bits per heavy atom. The van der Waals surface area contributed by atoms with Gasteiger partial charge in [-0.3, -0.25) is 9.59 Å². The van der Waals surface area contributed by atoms with Crippen molar-refractivity contribution < 1.29 is 18.7 Å². The highest BCUT2D eigenvalue weighted by Crippen LogP contribution is 2.21. The highest BCUT2D eigenvalue weighted by Gasteiger charge is 2.12. The number of nitrogens with one attached hydrogen (secondary N) is 1. The molecule has 6 nitrogen and oxygen atoms in total. The third kappa shape index (κ3) is 6.35. The number of rotatable bonds is 9. The maximum absolute atomic E-state index is 11.8. The third-order valence-electron chi connectivity index (χ3n) is 3.93. The van der Waals surface area contributed by atoms with E-state index in [1.54, 1.807) is 6.20 Å². The van der Waals surface area contributed by atoms with Crippen molar-refractivity contribution >= 4 is 11.9 Å². The number of ether oxygens (including phenoxy) is 1. The predicted molar refractivity (Wildman–Crippen MR) is 98.5 cm³/mol. The summed E-state index contributed by atoms with van der Waals surface area (Å²) in [6.45, 7) is 5.74. The van der Waals surface area contributed by atoms with E-state index in [0.717, 1.165) is 18.4 Å². The zero-order valence-electron chi connectivity index (χ0n) is 15.6. The van der Waals surface area contributed by atoms with Gasteiger partial charge in [-0.25, -0.2) is 4.98 Å². The maximum atomic E-state index is 11.8. The monoisotopic (exact) mass is 358 g/mol. The average Bonchev–Trinajstić information content (AvgIpc) is 3.08. The van der Waals surface area contributed by atoms with Crippen LogP contribution >= 0.6 is 0 Å². The Kier molecular flexibility index (Phi) is 7.38. The molecule has 26 heavy (non-hydrogen) atoms. The summed E-state index contributed by atoms with van der Waals surface area (Å²) in [4.78, 5) is 27.6. The molecule has 0 bridgehead atoms. The summed E-state index contributed by atoms with van der Waals surface area (Å²) in [5, 5.41) is 2.79. The fourth-order valence-electron chi connectivity index (χ4n) is 2.53. The predicted octanol–water partition coefficient (Wildman–Crippen LogP) is 3.43. The van der Waals surface area contributed by atoms with E-state index in [9.17, 15) is 9.59 Å². The Morgan fingerprint density at radius 1 is 1.27 bits per heavy atom. The molecular weight excluding hydrogens is 332 g/mol. The molecule has 1 unspecified atom stereocenters. The molecule has 1 amide bonds. The highest BCUT2D eigenvalue weighted by molar-refractivity contribution is 5.80. The van der Waals surface area contributed by atoms with Gasteiger partial charge in [0.25, 0.3) is 5.91 Å². The lowest BCUT2D eigenvalue weighted by atomic mass is 10.1. The van der Waals surface area contributed by atoms with Crippen LogP contribution in [0.5, 0.6) is 0 Å². The average molecular weight is 358 g/mol. The first-order chi connectivity index (χ1) is 12.5. The molecule has 1 N–H and O–H groups in total. The highest BCUT2D eigenvalue weighted by atomic mass is 16.5. The van der Waals surface area contributed by atoms with Gasteiger partial charge in [0.15, 0.2) is 18.3 Å². The second-order valence-electron chi connectivity index (χ2n) is 6.40. The smallest absolute Gasteiger partial charge is 0.306 e. The Hall–Kier alpha value is -2.63. The number of carbonyl (C=O) groups is 2. The van der Waals surface area contributed by atoms with E-state index in [2.05, 4.69) is 17.2 Å². The first kappa shape index (κ1) is 19.7. The quantitative estimate of drug-likeness (QED) is 0.695. The van der Waals surface area contributed by atoms with Crippen LogP contribution in [0.1, 0.15) is 44.6 Å². The van der Waals surface area contributed by atoms with Crippen LogP contribution in [0, 0.1) is 6.92 Å². The largest absolute Gasteiger partial charge is 0.456 e. The summed E-state index contributed by atoms with van der Waals surface area (Å²) >= 11 is 0. The summed E-state index contributed by atoms with van der Waals surface area (Å²) in [6.07, 6.45) is 3.98. The normalized spacial score (nSPS) is 11.8. The van der Waals surface area contributed by atoms with Gasteiger partial charge in [-0.2, -0.15) is 0 Å². The molecule has 0 saturated heterocycles. The zero-order chi connectivity index (χ0) is 18.9. The van der Waals surface area contributed by atoms with E-state index >= 15 is 0 Å². The van der Waals surface area contributed by atoms with Crippen LogP contribution in [0.4, 0.5) is 0 Å². The number of oxazole rings is 1. The van der Waals surface area contributed by atoms with E-state index in [1.807, 2.05) is 38.1 Å². The molecule has 1 heterocycles. The second-order valence-corrected chi connectivity index (χ2v) is 6.40. The van der Waals surface area contributed by atoms with Crippen molar-refractivity contribution in [3.8, 4) is 11.3 Å². The van der Waals surface area contributed by atoms with Crippen LogP contribution in [0.15, 0.2) is 34.9 Å². The first-order valence-corrected chi connectivity index (χ1v) is 8.94. The Balaban J connectivity index is 1.74. The van der Waals surface area contributed by atoms with Crippen molar-refractivity contribution in [1.29, 1.82) is 0 Å². The molecule has 0 aliphatic rings. The molecule has 0 aliphatic carbocycles. The summed E-state index contributed by atoms with van der Waals surface area (Å²) in [5.74, 6) is 0.409. The summed E-state index contributed by atoms with van der Waals surface area (Å²) in [7, 11) is 0. The molecule has 0 radical (unpaired) electrons. The molecule has 0 fully saturated rings. The standard InChI is InChI=1S/C20H26N2O4/c1-4-5-15(3)22-18(23)13-25-20(24)11-10-19-21-12-17(26-19)16-8-6-14(2)7-9-16/h6-9,12,15H,4-5,10-11,13H2,1-3H3,(H,22,23). The van der Waals surface area contributed by atoms with Crippen LogP contribution in [0.3, 0.4) is 0 Å². The number of benzene rings is 1. The van der Waals surface area contributed by atoms with Gasteiger partial charge in [-0.1, -0.05) is 43.2 Å². The lowest BCUT2D eigenvalue weighted by molar-refractivity contribution is -0.148. The minimum Gasteiger partial charge on any atom is -0.456 e. The number of aromatic nitrogens is 1. The first-order valence-electron chi connectivity index (χ1n) is 8.94. The van der Waals surface area contributed by atoms with Crippen LogP contribution in [-0.2, 0) is 20.7 Å². The van der Waals surface area contributed by atoms with Crippen molar-refractivity contribution in [2.24, 2.45) is 0 Å². The molecule has 0 saturated carbocycles. The third-order valence-corrected chi connectivity index (χ3v) is 3.93. The SMILES string of the molecule is CCCC(C)NC(=O)COC(=O)CCc1ncc(-c2ccc(C)cc2)o1. The fourth-order valence-corrected chi connectivity index (χ4v) is 2.53. The van der Waals surface area contributed by atoms with Crippen LogP contribution in [0.2, 0.25) is 0 Å². The molecule has 2 aromatic rings. The van der Waals surface area contributed by atoms with Gasteiger partial charge in [0, 0.05) is 18.0 Å². The summed E-state index contributed by atoms with van der Waals surface area (Å²) in [5.41, 5.74) is 2.11. The molecule has 6 heteroatoms. The van der Waals surface area contributed by atoms with E-state index < -0.39 is 5.97 Å². The fraction of sp³-hybridized carbons (Fsp3) is 0.450. The van der Waals surface area contributed by atoms with E-state index in [0.29, 0.717) is 18.1 Å². The molecule has 1 aromatic heterocycles. The van der Waals surface area contributed by atoms with Crippen molar-refractivity contribution in [3.05, 3.63) is 41.9 Å². The number of amides is 1. The van der Waals surface area contributed by atoms with Crippen molar-refractivity contribution in [2.45, 2.75) is 52.5 Å². The lowest BCUT2D eigenvalue weighted by Crippen LogP contribution is -2.35. The molecule has 0 aliphatic heterocycles. The van der Waals surface area contributed by atoms with Gasteiger partial charge in [0.2, 0.25) is 0 Å². The lowest BCUT2D eigenvalue weighted by Gasteiger charge is -2.12. The summed E-state index contributed by atoms with van der Waals surface area (Å²) < 4.78 is 10.7. The second kappa shape index (κ2) is 9.75. The van der Waals surface area contributed by atoms with Crippen molar-refractivity contribution in [1.82, 2.24) is 10.3 Å². The maximum Gasteiger partial charge on any atom is 0.306 e. The Morgan fingerprint density at radius 3 is 2.69 bits per heavy atom. The van der Waals surface area contributed by atoms with E-state index in [-0.39, 0.29) is 25.0 Å². The van der Waals surface area contributed by atoms with Gasteiger partial charge in [-0.15, -0.1) is 0 Å². The van der Waals surface area contributed by atoms with E-state index in [4.69, 9.17) is 9.15 Å². The van der Waals surface area contributed by atoms with Gasteiger partial charge < -0.3 is 14.5 Å². The van der Waals surface area contributed by atoms with Gasteiger partial charge in [0.05, 0.1) is 12.6 Å². The Bertz CT molecular complexity index is 722. The number of carbonyl (C=O) groups excluding carboxylic acids is 2. The number of hydrogen-bond donors (Lipinski definition) is 1. The number of nitrogens with zero attached hydrogens (tertiary/aromatic N) is 1. The van der Waals surface area contributed by atoms with Crippen LogP contribution < -0.4 is 5.32 Å². The van der Waals surface area contributed by atoms with Crippen LogP contribution in [0.25, 0.3) is 11.3 Å². The number of hydrogen-bond acceptors (Lipinski definition) is 5. The molecule has 2 rings (SSSR count). The summed E-state index contributed by atoms with van der Waals surface area (Å²) in [6, 6.07) is 8.01. The molecule has 0 spiro atoms. The van der Waals surface area contributed by atoms with Crippen molar-refractivity contribution in [3.63, 3.8) is 0 Å². The molecular formula is C20H26N2O4. The van der Waals surface area contributed by atoms with Gasteiger partial charge >= 0.3 is 5.97 Å². The number of esters is 1. The molecule has 1 atom stereocenters. The molecule has 1 aromatic carbocycles. The Labute approximate surface area is 154 Å². The van der Waals surface area contributed by atoms with Gasteiger partial charge in [-0.05, 0) is 20.3 Å². The van der Waals surface area contributed by atoms with E-state index in [1.165, 1.54) is 5.56 Å². The van der Waals surface area contributed by atoms with Crippen molar-refractivity contribution in [2.75, 3.05) is 6.61 Å². The number of aryl methyl sites for hydroxylation is 2. The van der Waals surface area contributed by atoms with Gasteiger partial charge in [0.1, 0.15) is 0 Å². The molecule has 140 valence electrons. The topological polar surface area (TPSA) is 81.4 Å².